The lowest BCUT2D eigenvalue weighted by Crippen LogP contribution is -2.36. The molecule has 0 saturated carbocycles. The number of hydrogen-bond acceptors (Lipinski definition) is 7. The standard InChI is InChI=1S/C26H16Cl2F4N10O/c27-18-6-8-20(40-13-33-36-38-40)22(23(18)30)15-3-7-19(41(43)12-15)21(9-14-1-4-17(29)5-2-14)39-11-16(10-34-39)24-25(28)35-37-42(24)26(31)32/h1-8,10-13,21,26H,9H2. The minimum absolute atomic E-state index is 0.0187. The Morgan fingerprint density at radius 2 is 1.74 bits per heavy atom. The van der Waals surface area contributed by atoms with Gasteiger partial charge in [-0.25, -0.2) is 8.78 Å². The normalized spacial score (nSPS) is 12.3. The second-order valence-corrected chi connectivity index (χ2v) is 9.95. The molecule has 0 fully saturated rings. The lowest BCUT2D eigenvalue weighted by Gasteiger charge is -2.18. The van der Waals surface area contributed by atoms with Crippen molar-refractivity contribution in [2.45, 2.75) is 19.0 Å². The fourth-order valence-electron chi connectivity index (χ4n) is 4.65. The molecule has 0 aliphatic carbocycles. The number of hydrogen-bond donors (Lipinski definition) is 0. The monoisotopic (exact) mass is 630 g/mol. The molecule has 17 heteroatoms. The van der Waals surface area contributed by atoms with Gasteiger partial charge in [0.1, 0.15) is 23.9 Å². The number of aromatic nitrogens is 10. The summed E-state index contributed by atoms with van der Waals surface area (Å²) >= 11 is 12.1. The molecule has 0 N–H and O–H groups in total. The second-order valence-electron chi connectivity index (χ2n) is 9.18. The molecule has 0 saturated heterocycles. The summed E-state index contributed by atoms with van der Waals surface area (Å²) in [5, 5.41) is 35.3. The molecular formula is C26H16Cl2F4N10O. The Kier molecular flexibility index (Phi) is 7.50. The quantitative estimate of drug-likeness (QED) is 0.128. The van der Waals surface area contributed by atoms with E-state index in [9.17, 15) is 18.4 Å². The Hall–Kier alpha value is -4.89. The van der Waals surface area contributed by atoms with E-state index in [4.69, 9.17) is 23.2 Å². The van der Waals surface area contributed by atoms with Crippen molar-refractivity contribution >= 4 is 23.2 Å². The van der Waals surface area contributed by atoms with E-state index in [0.717, 1.165) is 6.20 Å². The molecule has 6 aromatic rings. The number of rotatable bonds is 8. The van der Waals surface area contributed by atoms with Crippen LogP contribution in [0.2, 0.25) is 10.2 Å². The smallest absolute Gasteiger partial charge is 0.335 e. The first kappa shape index (κ1) is 28.2. The Balaban J connectivity index is 1.45. The Morgan fingerprint density at radius 3 is 2.44 bits per heavy atom. The van der Waals surface area contributed by atoms with E-state index in [1.54, 1.807) is 12.1 Å². The molecule has 1 unspecified atom stereocenters. The van der Waals surface area contributed by atoms with Gasteiger partial charge in [-0.3, -0.25) is 4.68 Å². The summed E-state index contributed by atoms with van der Waals surface area (Å²) in [5.41, 5.74) is 1.19. The van der Waals surface area contributed by atoms with Gasteiger partial charge in [-0.15, -0.1) is 10.2 Å². The highest BCUT2D eigenvalue weighted by Crippen LogP contribution is 2.34. The fraction of sp³-hybridized carbons (Fsp3) is 0.115. The van der Waals surface area contributed by atoms with Gasteiger partial charge < -0.3 is 5.21 Å². The van der Waals surface area contributed by atoms with Crippen molar-refractivity contribution in [2.24, 2.45) is 0 Å². The topological polar surface area (TPSA) is 119 Å². The zero-order valence-electron chi connectivity index (χ0n) is 21.4. The van der Waals surface area contributed by atoms with Crippen LogP contribution in [0, 0.1) is 16.8 Å². The summed E-state index contributed by atoms with van der Waals surface area (Å²) in [5.74, 6) is -1.24. The Bertz CT molecular complexity index is 1910. The third-order valence-electron chi connectivity index (χ3n) is 6.62. The van der Waals surface area contributed by atoms with Gasteiger partial charge in [0.2, 0.25) is 5.69 Å². The average molecular weight is 631 g/mol. The van der Waals surface area contributed by atoms with E-state index in [2.05, 4.69) is 30.9 Å². The largest absolute Gasteiger partial charge is 0.618 e. The van der Waals surface area contributed by atoms with Crippen LogP contribution in [0.5, 0.6) is 0 Å². The molecule has 2 aromatic carbocycles. The van der Waals surface area contributed by atoms with Crippen LogP contribution in [0.3, 0.4) is 0 Å². The first-order valence-corrected chi connectivity index (χ1v) is 13.1. The maximum atomic E-state index is 15.3. The number of benzene rings is 2. The lowest BCUT2D eigenvalue weighted by atomic mass is 10.00. The van der Waals surface area contributed by atoms with E-state index in [0.29, 0.717) is 15.0 Å². The van der Waals surface area contributed by atoms with Gasteiger partial charge in [0.15, 0.2) is 17.2 Å². The van der Waals surface area contributed by atoms with Crippen LogP contribution < -0.4 is 4.73 Å². The number of alkyl halides is 2. The minimum atomic E-state index is -3.02. The van der Waals surface area contributed by atoms with Crippen molar-refractivity contribution in [3.63, 3.8) is 0 Å². The third-order valence-corrected chi connectivity index (χ3v) is 7.16. The summed E-state index contributed by atoms with van der Waals surface area (Å²) in [6.45, 7) is -3.02. The van der Waals surface area contributed by atoms with E-state index in [1.165, 1.54) is 64.5 Å². The molecule has 6 rings (SSSR count). The van der Waals surface area contributed by atoms with Crippen molar-refractivity contribution in [1.82, 2.24) is 45.0 Å². The van der Waals surface area contributed by atoms with Gasteiger partial charge in [-0.2, -0.15) is 28.0 Å². The van der Waals surface area contributed by atoms with Crippen LogP contribution in [0.4, 0.5) is 17.6 Å². The molecule has 0 radical (unpaired) electrons. The summed E-state index contributed by atoms with van der Waals surface area (Å²) in [6.07, 6.45) is 5.27. The first-order valence-electron chi connectivity index (χ1n) is 12.3. The molecule has 0 spiro atoms. The summed E-state index contributed by atoms with van der Waals surface area (Å²) in [6, 6.07) is 10.6. The Labute approximate surface area is 249 Å². The minimum Gasteiger partial charge on any atom is -0.618 e. The molecule has 4 heterocycles. The SMILES string of the molecule is [O-][n+]1cc(-c2c(-n3cnnn3)ccc(Cl)c2F)ccc1C(Cc1ccc(F)cc1)n1cc(-c2c(Cl)nnn2C(F)F)cn1. The van der Waals surface area contributed by atoms with Crippen LogP contribution in [0.1, 0.15) is 23.8 Å². The predicted octanol–water partition coefficient (Wildman–Crippen LogP) is 5.23. The highest BCUT2D eigenvalue weighted by Gasteiger charge is 2.28. The zero-order valence-corrected chi connectivity index (χ0v) is 23.0. The molecule has 11 nitrogen and oxygen atoms in total. The highest BCUT2D eigenvalue weighted by molar-refractivity contribution is 6.31. The van der Waals surface area contributed by atoms with Gasteiger partial charge in [-0.1, -0.05) is 40.5 Å². The summed E-state index contributed by atoms with van der Waals surface area (Å²) < 4.78 is 59.5. The number of tetrazole rings is 1. The first-order chi connectivity index (χ1) is 20.7. The van der Waals surface area contributed by atoms with Gasteiger partial charge in [0, 0.05) is 24.2 Å². The van der Waals surface area contributed by atoms with Gasteiger partial charge in [0.25, 0.3) is 0 Å². The molecule has 0 amide bonds. The van der Waals surface area contributed by atoms with Crippen molar-refractivity contribution in [1.29, 1.82) is 0 Å². The third kappa shape index (κ3) is 5.39. The van der Waals surface area contributed by atoms with Crippen LogP contribution in [0.15, 0.2) is 73.4 Å². The van der Waals surface area contributed by atoms with E-state index >= 15 is 4.39 Å². The van der Waals surface area contributed by atoms with Crippen molar-refractivity contribution in [2.75, 3.05) is 0 Å². The molecule has 43 heavy (non-hydrogen) atoms. The van der Waals surface area contributed by atoms with Gasteiger partial charge in [0.05, 0.1) is 28.0 Å². The summed E-state index contributed by atoms with van der Waals surface area (Å²) in [4.78, 5) is 0. The maximum Gasteiger partial charge on any atom is 0.335 e. The maximum absolute atomic E-state index is 15.3. The molecule has 4 aromatic heterocycles. The number of pyridine rings is 1. The van der Waals surface area contributed by atoms with Crippen LogP contribution >= 0.6 is 23.2 Å². The van der Waals surface area contributed by atoms with E-state index in [-0.39, 0.29) is 50.4 Å². The van der Waals surface area contributed by atoms with E-state index in [1.807, 2.05) is 0 Å². The van der Waals surface area contributed by atoms with Crippen molar-refractivity contribution in [3.8, 4) is 28.1 Å². The molecule has 0 aliphatic heterocycles. The molecule has 0 bridgehead atoms. The van der Waals surface area contributed by atoms with Crippen LogP contribution in [-0.4, -0.2) is 45.0 Å². The Morgan fingerprint density at radius 1 is 0.953 bits per heavy atom. The molecule has 0 aliphatic rings. The molecule has 1 atom stereocenters. The van der Waals surface area contributed by atoms with Crippen molar-refractivity contribution in [3.05, 3.63) is 112 Å². The number of nitrogens with zero attached hydrogens (tertiary/aromatic N) is 10. The fourth-order valence-corrected chi connectivity index (χ4v) is 5.03. The average Bonchev–Trinajstić information content (AvgIpc) is 3.76. The van der Waals surface area contributed by atoms with Gasteiger partial charge >= 0.3 is 6.55 Å². The lowest BCUT2D eigenvalue weighted by molar-refractivity contribution is -0.615. The molecular weight excluding hydrogens is 615 g/mol. The highest BCUT2D eigenvalue weighted by atomic mass is 35.5. The van der Waals surface area contributed by atoms with Crippen LogP contribution in [-0.2, 0) is 6.42 Å². The predicted molar refractivity (Wildman–Crippen MR) is 144 cm³/mol. The number of halogens is 6. The zero-order chi connectivity index (χ0) is 30.2. The van der Waals surface area contributed by atoms with Crippen molar-refractivity contribution < 1.29 is 22.3 Å². The summed E-state index contributed by atoms with van der Waals surface area (Å²) in [7, 11) is 0. The molecule has 218 valence electrons. The van der Waals surface area contributed by atoms with Gasteiger partial charge in [-0.05, 0) is 46.3 Å². The van der Waals surface area contributed by atoms with Crippen LogP contribution in [0.25, 0.3) is 28.1 Å². The van der Waals surface area contributed by atoms with E-state index < -0.39 is 24.2 Å². The second kappa shape index (κ2) is 11.4.